The van der Waals surface area contributed by atoms with Gasteiger partial charge in [0.2, 0.25) is 11.8 Å². The molecule has 3 aromatic rings. The molecule has 1 saturated heterocycles. The summed E-state index contributed by atoms with van der Waals surface area (Å²) in [5, 5.41) is 1.24. The number of aromatic nitrogens is 1. The van der Waals surface area contributed by atoms with E-state index in [0.717, 1.165) is 30.5 Å². The molecule has 6 rings (SSSR count). The lowest BCUT2D eigenvalue weighted by Crippen LogP contribution is -2.36. The lowest BCUT2D eigenvalue weighted by atomic mass is 9.62. The number of imide groups is 1. The lowest BCUT2D eigenvalue weighted by Gasteiger charge is -2.39. The zero-order valence-electron chi connectivity index (χ0n) is 17.0. The van der Waals surface area contributed by atoms with Gasteiger partial charge in [-0.15, -0.1) is 0 Å². The van der Waals surface area contributed by atoms with Crippen LogP contribution in [0.3, 0.4) is 0 Å². The molecular weight excluding hydrogens is 372 g/mol. The highest BCUT2D eigenvalue weighted by atomic mass is 16.2. The second-order valence-electron chi connectivity index (χ2n) is 9.11. The summed E-state index contributed by atoms with van der Waals surface area (Å²) in [7, 11) is 0. The number of amides is 2. The fourth-order valence-electron chi connectivity index (χ4n) is 6.39. The molecule has 1 N–H and O–H groups in total. The van der Waals surface area contributed by atoms with Crippen LogP contribution in [0.2, 0.25) is 0 Å². The molecule has 4 nitrogen and oxygen atoms in total. The highest BCUT2D eigenvalue weighted by molar-refractivity contribution is 6.24. The van der Waals surface area contributed by atoms with Crippen LogP contribution in [0.25, 0.3) is 10.9 Å². The number of H-pyrrole nitrogens is 1. The third-order valence-electron chi connectivity index (χ3n) is 7.60. The van der Waals surface area contributed by atoms with Crippen LogP contribution in [0.1, 0.15) is 61.6 Å². The van der Waals surface area contributed by atoms with Gasteiger partial charge in [0.05, 0.1) is 17.5 Å². The normalized spacial score (nSPS) is 28.6. The molecule has 152 valence electrons. The molecule has 4 heteroatoms. The van der Waals surface area contributed by atoms with Gasteiger partial charge in [-0.1, -0.05) is 62.1 Å². The molecule has 2 aromatic carbocycles. The van der Waals surface area contributed by atoms with Crippen molar-refractivity contribution in [3.8, 4) is 0 Å². The van der Waals surface area contributed by atoms with Crippen LogP contribution in [-0.4, -0.2) is 16.8 Å². The number of anilines is 1. The quantitative estimate of drug-likeness (QED) is 0.550. The minimum absolute atomic E-state index is 0.00363. The molecule has 2 fully saturated rings. The van der Waals surface area contributed by atoms with Gasteiger partial charge >= 0.3 is 0 Å². The first-order valence-corrected chi connectivity index (χ1v) is 11.3. The van der Waals surface area contributed by atoms with Crippen molar-refractivity contribution in [1.29, 1.82) is 0 Å². The smallest absolute Gasteiger partial charge is 0.243 e. The minimum atomic E-state index is -0.388. The molecule has 30 heavy (non-hydrogen) atoms. The Morgan fingerprint density at radius 2 is 1.53 bits per heavy atom. The van der Waals surface area contributed by atoms with E-state index in [1.54, 1.807) is 0 Å². The Hall–Kier alpha value is -2.88. The van der Waals surface area contributed by atoms with Crippen LogP contribution in [0.15, 0.2) is 54.6 Å². The van der Waals surface area contributed by atoms with Gasteiger partial charge in [-0.25, -0.2) is 4.90 Å². The van der Waals surface area contributed by atoms with Gasteiger partial charge in [0, 0.05) is 16.6 Å². The lowest BCUT2D eigenvalue weighted by molar-refractivity contribution is -0.123. The van der Waals surface area contributed by atoms with Crippen molar-refractivity contribution >= 4 is 28.4 Å². The zero-order valence-corrected chi connectivity index (χ0v) is 17.0. The third kappa shape index (κ3) is 2.46. The molecule has 3 aliphatic rings. The Morgan fingerprint density at radius 3 is 2.37 bits per heavy atom. The van der Waals surface area contributed by atoms with Gasteiger partial charge in [0.15, 0.2) is 0 Å². The summed E-state index contributed by atoms with van der Waals surface area (Å²) in [5.41, 5.74) is 4.10. The largest absolute Gasteiger partial charge is 0.357 e. The molecule has 4 atom stereocenters. The van der Waals surface area contributed by atoms with Crippen molar-refractivity contribution in [1.82, 2.24) is 4.98 Å². The van der Waals surface area contributed by atoms with Gasteiger partial charge in [-0.3, -0.25) is 9.59 Å². The summed E-state index contributed by atoms with van der Waals surface area (Å²) in [6, 6.07) is 17.8. The number of nitrogens with zero attached hydrogens (tertiary/aromatic N) is 1. The summed E-state index contributed by atoms with van der Waals surface area (Å²) >= 11 is 0. The van der Waals surface area contributed by atoms with E-state index in [0.29, 0.717) is 11.6 Å². The maximum absolute atomic E-state index is 13.7. The number of benzene rings is 2. The molecule has 1 saturated carbocycles. The molecule has 1 aromatic heterocycles. The van der Waals surface area contributed by atoms with Crippen LogP contribution in [-0.2, 0) is 9.59 Å². The average Bonchev–Trinajstić information content (AvgIpc) is 3.24. The standard InChI is InChI=1S/C26H26N2O2/c29-25-22-18-13-7-2-1-6-12-17(18)21-19-14-8-9-15-20(19)27-24(21)23(22)26(30)28(25)16-10-4-3-5-11-16/h3-5,8-11,14-15,17-18,22-23,27H,1-2,6-7,12-13H2/t17-,18-,22-,23+/m0/s1. The highest BCUT2D eigenvalue weighted by Gasteiger charge is 2.58. The SMILES string of the molecule is O=C1[C@H]2[C@H]3CCCCCC[C@@H]3c3c([nH]c4ccccc34)[C@@H]2C(=O)N1c1ccccc1. The van der Waals surface area contributed by atoms with Crippen LogP contribution < -0.4 is 4.90 Å². The Balaban J connectivity index is 1.56. The maximum atomic E-state index is 13.7. The number of hydrogen-bond donors (Lipinski definition) is 1. The monoisotopic (exact) mass is 398 g/mol. The van der Waals surface area contributed by atoms with E-state index in [2.05, 4.69) is 23.2 Å². The van der Waals surface area contributed by atoms with Crippen LogP contribution in [0.5, 0.6) is 0 Å². The number of nitrogens with one attached hydrogen (secondary N) is 1. The number of fused-ring (bicyclic) bond motifs is 8. The van der Waals surface area contributed by atoms with Crippen molar-refractivity contribution in [2.75, 3.05) is 4.90 Å². The Morgan fingerprint density at radius 1 is 0.800 bits per heavy atom. The molecule has 0 spiro atoms. The first-order chi connectivity index (χ1) is 14.8. The van der Waals surface area contributed by atoms with E-state index in [1.165, 1.54) is 35.1 Å². The maximum Gasteiger partial charge on any atom is 0.243 e. The molecule has 0 bridgehead atoms. The summed E-state index contributed by atoms with van der Waals surface area (Å²) in [6.45, 7) is 0. The second kappa shape index (κ2) is 6.83. The molecular formula is C26H26N2O2. The van der Waals surface area contributed by atoms with E-state index < -0.39 is 0 Å². The van der Waals surface area contributed by atoms with Crippen molar-refractivity contribution in [3.63, 3.8) is 0 Å². The second-order valence-corrected chi connectivity index (χ2v) is 9.11. The summed E-state index contributed by atoms with van der Waals surface area (Å²) < 4.78 is 0. The molecule has 2 aliphatic carbocycles. The van der Waals surface area contributed by atoms with E-state index in [9.17, 15) is 9.59 Å². The topological polar surface area (TPSA) is 53.2 Å². The molecule has 2 heterocycles. The summed E-state index contributed by atoms with van der Waals surface area (Å²) in [5.74, 6) is -0.111. The van der Waals surface area contributed by atoms with Crippen LogP contribution in [0, 0.1) is 11.8 Å². The van der Waals surface area contributed by atoms with Crippen LogP contribution >= 0.6 is 0 Å². The Bertz CT molecular complexity index is 1130. The number of rotatable bonds is 1. The van der Waals surface area contributed by atoms with Gasteiger partial charge in [0.1, 0.15) is 0 Å². The van der Waals surface area contributed by atoms with Crippen molar-refractivity contribution in [2.24, 2.45) is 11.8 Å². The molecule has 2 amide bonds. The molecule has 0 radical (unpaired) electrons. The van der Waals surface area contributed by atoms with Gasteiger partial charge in [-0.05, 0) is 48.4 Å². The van der Waals surface area contributed by atoms with Crippen molar-refractivity contribution < 1.29 is 9.59 Å². The van der Waals surface area contributed by atoms with E-state index in [1.807, 2.05) is 36.4 Å². The number of carbonyl (C=O) groups excluding carboxylic acids is 2. The average molecular weight is 399 g/mol. The minimum Gasteiger partial charge on any atom is -0.357 e. The summed E-state index contributed by atoms with van der Waals surface area (Å²) in [4.78, 5) is 32.5. The van der Waals surface area contributed by atoms with Gasteiger partial charge < -0.3 is 4.98 Å². The predicted molar refractivity (Wildman–Crippen MR) is 117 cm³/mol. The first kappa shape index (κ1) is 17.9. The van der Waals surface area contributed by atoms with E-state index in [-0.39, 0.29) is 29.6 Å². The number of hydrogen-bond acceptors (Lipinski definition) is 2. The highest BCUT2D eigenvalue weighted by Crippen LogP contribution is 2.56. The van der Waals surface area contributed by atoms with E-state index >= 15 is 0 Å². The fourth-order valence-corrected chi connectivity index (χ4v) is 6.39. The zero-order chi connectivity index (χ0) is 20.2. The summed E-state index contributed by atoms with van der Waals surface area (Å²) in [6.07, 6.45) is 6.97. The van der Waals surface area contributed by atoms with E-state index in [4.69, 9.17) is 0 Å². The Labute approximate surface area is 176 Å². The van der Waals surface area contributed by atoms with Crippen molar-refractivity contribution in [2.45, 2.75) is 50.4 Å². The Kier molecular flexibility index (Phi) is 4.08. The molecule has 1 aliphatic heterocycles. The number of carbonyl (C=O) groups is 2. The van der Waals surface area contributed by atoms with Gasteiger partial charge in [-0.2, -0.15) is 0 Å². The van der Waals surface area contributed by atoms with Crippen molar-refractivity contribution in [3.05, 3.63) is 65.9 Å². The third-order valence-corrected chi connectivity index (χ3v) is 7.60. The van der Waals surface area contributed by atoms with Gasteiger partial charge in [0.25, 0.3) is 0 Å². The predicted octanol–water partition coefficient (Wildman–Crippen LogP) is 5.51. The first-order valence-electron chi connectivity index (χ1n) is 11.3. The number of aromatic amines is 1. The fraction of sp³-hybridized carbons (Fsp3) is 0.385. The number of para-hydroxylation sites is 2. The van der Waals surface area contributed by atoms with Crippen LogP contribution in [0.4, 0.5) is 5.69 Å². The molecule has 0 unspecified atom stereocenters.